The van der Waals surface area contributed by atoms with Crippen LogP contribution in [0.5, 0.6) is 5.75 Å². The van der Waals surface area contributed by atoms with E-state index in [9.17, 15) is 13.6 Å². The fraction of sp³-hybridized carbons (Fsp3) is 0.500. The molecule has 0 unspecified atom stereocenters. The standard InChI is InChI=1S/C22H25ClF2N8O3/c1-35-15-6-2-4-13-17(15)26-20(18(24)25)33(13)22-28-19(14-5-3-7-32(14)30-16(34)12-23)27-21(29-22)31-8-10-36-11-9-31/h2,4,6,14,18H,3,5,7-12H2,1H3,(H,30,34)/t14-/m1/s1. The summed E-state index contributed by atoms with van der Waals surface area (Å²) >= 11 is 5.68. The number of halogens is 3. The summed E-state index contributed by atoms with van der Waals surface area (Å²) in [6.07, 6.45) is -1.44. The first kappa shape index (κ1) is 24.5. The molecular weight excluding hydrogens is 498 g/mol. The van der Waals surface area contributed by atoms with Crippen molar-refractivity contribution in [3.63, 3.8) is 0 Å². The van der Waals surface area contributed by atoms with Crippen LogP contribution >= 0.6 is 11.6 Å². The normalized spacial score (nSPS) is 18.8. The van der Waals surface area contributed by atoms with E-state index in [1.165, 1.54) is 11.7 Å². The van der Waals surface area contributed by atoms with E-state index >= 15 is 0 Å². The zero-order valence-corrected chi connectivity index (χ0v) is 20.3. The van der Waals surface area contributed by atoms with Crippen molar-refractivity contribution in [3.8, 4) is 11.7 Å². The van der Waals surface area contributed by atoms with Gasteiger partial charge in [0.25, 0.3) is 6.43 Å². The number of anilines is 1. The zero-order valence-electron chi connectivity index (χ0n) is 19.5. The highest BCUT2D eigenvalue weighted by atomic mass is 35.5. The first-order valence-corrected chi connectivity index (χ1v) is 12.1. The highest BCUT2D eigenvalue weighted by molar-refractivity contribution is 6.27. The molecule has 3 aromatic rings. The quantitative estimate of drug-likeness (QED) is 0.467. The Morgan fingerprint density at radius 3 is 2.69 bits per heavy atom. The average molecular weight is 523 g/mol. The van der Waals surface area contributed by atoms with Gasteiger partial charge in [0, 0.05) is 19.6 Å². The van der Waals surface area contributed by atoms with Gasteiger partial charge in [0.05, 0.1) is 31.9 Å². The third-order valence-corrected chi connectivity index (χ3v) is 6.40. The second-order valence-corrected chi connectivity index (χ2v) is 8.61. The molecule has 1 atom stereocenters. The van der Waals surface area contributed by atoms with Crippen molar-refractivity contribution in [1.29, 1.82) is 0 Å². The van der Waals surface area contributed by atoms with E-state index in [1.807, 2.05) is 4.90 Å². The highest BCUT2D eigenvalue weighted by Gasteiger charge is 2.32. The highest BCUT2D eigenvalue weighted by Crippen LogP contribution is 2.34. The molecular formula is C22H25ClF2N8O3. The number of hydrogen-bond donors (Lipinski definition) is 1. The van der Waals surface area contributed by atoms with Crippen LogP contribution in [-0.2, 0) is 9.53 Å². The number of carbonyl (C=O) groups excluding carboxylic acids is 1. The molecule has 2 aliphatic heterocycles. The minimum absolute atomic E-state index is 0.0167. The fourth-order valence-electron chi connectivity index (χ4n) is 4.49. The lowest BCUT2D eigenvalue weighted by Crippen LogP contribution is -2.43. The zero-order chi connectivity index (χ0) is 25.2. The van der Waals surface area contributed by atoms with Crippen molar-refractivity contribution < 1.29 is 23.0 Å². The van der Waals surface area contributed by atoms with Crippen LogP contribution in [0.4, 0.5) is 14.7 Å². The third-order valence-electron chi connectivity index (χ3n) is 6.15. The van der Waals surface area contributed by atoms with Crippen molar-refractivity contribution in [3.05, 3.63) is 29.8 Å². The number of aromatic nitrogens is 5. The number of rotatable bonds is 7. The molecule has 4 heterocycles. The maximum absolute atomic E-state index is 14.2. The number of hydrogen-bond acceptors (Lipinski definition) is 9. The minimum Gasteiger partial charge on any atom is -0.494 e. The van der Waals surface area contributed by atoms with Crippen LogP contribution in [0.15, 0.2) is 18.2 Å². The summed E-state index contributed by atoms with van der Waals surface area (Å²) in [5.74, 6) is 0.0465. The van der Waals surface area contributed by atoms with E-state index in [0.717, 1.165) is 6.42 Å². The van der Waals surface area contributed by atoms with Gasteiger partial charge in [-0.2, -0.15) is 15.0 Å². The van der Waals surface area contributed by atoms with E-state index in [0.29, 0.717) is 62.3 Å². The first-order chi connectivity index (χ1) is 17.5. The minimum atomic E-state index is -2.89. The van der Waals surface area contributed by atoms with Crippen LogP contribution in [0.1, 0.15) is 37.0 Å². The van der Waals surface area contributed by atoms with E-state index in [1.54, 1.807) is 23.2 Å². The molecule has 2 saturated heterocycles. The molecule has 14 heteroatoms. The predicted octanol–water partition coefficient (Wildman–Crippen LogP) is 2.40. The summed E-state index contributed by atoms with van der Waals surface area (Å²) in [7, 11) is 1.46. The lowest BCUT2D eigenvalue weighted by Gasteiger charge is -2.29. The molecule has 11 nitrogen and oxygen atoms in total. The number of imidazole rings is 1. The number of hydrazine groups is 1. The molecule has 1 amide bonds. The third kappa shape index (κ3) is 4.65. The molecule has 5 rings (SSSR count). The Morgan fingerprint density at radius 1 is 1.19 bits per heavy atom. The van der Waals surface area contributed by atoms with Gasteiger partial charge in [0.2, 0.25) is 17.8 Å². The van der Waals surface area contributed by atoms with Crippen molar-refractivity contribution in [2.75, 3.05) is 50.7 Å². The van der Waals surface area contributed by atoms with Crippen molar-refractivity contribution in [1.82, 2.24) is 34.9 Å². The van der Waals surface area contributed by atoms with Crippen LogP contribution in [0.2, 0.25) is 0 Å². The fourth-order valence-corrected chi connectivity index (χ4v) is 4.55. The molecule has 0 saturated carbocycles. The van der Waals surface area contributed by atoms with Gasteiger partial charge < -0.3 is 14.4 Å². The molecule has 0 bridgehead atoms. The van der Waals surface area contributed by atoms with Gasteiger partial charge in [-0.3, -0.25) is 14.8 Å². The number of alkyl halides is 3. The molecule has 192 valence electrons. The summed E-state index contributed by atoms with van der Waals surface area (Å²) in [5.41, 5.74) is 3.44. The van der Waals surface area contributed by atoms with Gasteiger partial charge in [-0.05, 0) is 25.0 Å². The molecule has 0 radical (unpaired) electrons. The number of carbonyl (C=O) groups is 1. The van der Waals surface area contributed by atoms with Gasteiger partial charge in [-0.15, -0.1) is 11.6 Å². The summed E-state index contributed by atoms with van der Waals surface area (Å²) in [5, 5.41) is 1.73. The van der Waals surface area contributed by atoms with Gasteiger partial charge in [0.1, 0.15) is 17.1 Å². The monoisotopic (exact) mass is 522 g/mol. The van der Waals surface area contributed by atoms with Crippen LogP contribution in [0.25, 0.3) is 17.0 Å². The predicted molar refractivity (Wildman–Crippen MR) is 127 cm³/mol. The lowest BCUT2D eigenvalue weighted by molar-refractivity contribution is -0.123. The second-order valence-electron chi connectivity index (χ2n) is 8.35. The SMILES string of the molecule is COc1cccc2c1nc(C(F)F)n2-c1nc([C@H]2CCCN2NC(=O)CCl)nc(N2CCOCC2)n1. The molecule has 0 aliphatic carbocycles. The Balaban J connectivity index is 1.67. The van der Waals surface area contributed by atoms with E-state index < -0.39 is 12.2 Å². The van der Waals surface area contributed by atoms with Gasteiger partial charge in [-0.1, -0.05) is 6.07 Å². The number of morpholine rings is 1. The number of fused-ring (bicyclic) bond motifs is 1. The number of nitrogens with zero attached hydrogens (tertiary/aromatic N) is 7. The Hall–Kier alpha value is -3.16. The molecule has 1 aromatic carbocycles. The van der Waals surface area contributed by atoms with E-state index in [-0.39, 0.29) is 29.3 Å². The maximum Gasteiger partial charge on any atom is 0.296 e. The van der Waals surface area contributed by atoms with Crippen LogP contribution in [0.3, 0.4) is 0 Å². The number of benzene rings is 1. The van der Waals surface area contributed by atoms with Crippen LogP contribution in [0, 0.1) is 0 Å². The van der Waals surface area contributed by atoms with E-state index in [2.05, 4.69) is 20.4 Å². The Labute approximate surface area is 210 Å². The van der Waals surface area contributed by atoms with Crippen molar-refractivity contribution in [2.45, 2.75) is 25.3 Å². The molecule has 2 fully saturated rings. The largest absolute Gasteiger partial charge is 0.494 e. The smallest absolute Gasteiger partial charge is 0.296 e. The lowest BCUT2D eigenvalue weighted by atomic mass is 10.2. The molecule has 2 aliphatic rings. The molecule has 1 N–H and O–H groups in total. The number of para-hydroxylation sites is 1. The summed E-state index contributed by atoms with van der Waals surface area (Å²) in [4.78, 5) is 32.0. The number of nitrogens with one attached hydrogen (secondary N) is 1. The number of amides is 1. The van der Waals surface area contributed by atoms with Crippen LogP contribution in [-0.4, -0.2) is 81.3 Å². The summed E-state index contributed by atoms with van der Waals surface area (Å²) < 4.78 is 40.4. The Bertz CT molecular complexity index is 1250. The topological polar surface area (TPSA) is 111 Å². The number of methoxy groups -OCH3 is 1. The van der Waals surface area contributed by atoms with Gasteiger partial charge in [-0.25, -0.2) is 18.8 Å². The molecule has 36 heavy (non-hydrogen) atoms. The number of ether oxygens (including phenoxy) is 2. The summed E-state index contributed by atoms with van der Waals surface area (Å²) in [6, 6.07) is 4.64. The molecule has 2 aromatic heterocycles. The van der Waals surface area contributed by atoms with Gasteiger partial charge in [0.15, 0.2) is 11.6 Å². The van der Waals surface area contributed by atoms with Gasteiger partial charge >= 0.3 is 0 Å². The summed E-state index contributed by atoms with van der Waals surface area (Å²) in [6.45, 7) is 2.64. The maximum atomic E-state index is 14.2. The second kappa shape index (κ2) is 10.4. The van der Waals surface area contributed by atoms with Crippen LogP contribution < -0.4 is 15.1 Å². The van der Waals surface area contributed by atoms with E-state index in [4.69, 9.17) is 26.1 Å². The van der Waals surface area contributed by atoms with Crippen molar-refractivity contribution >= 4 is 34.5 Å². The Kier molecular flexibility index (Phi) is 7.12. The average Bonchev–Trinajstić information content (AvgIpc) is 3.53. The molecule has 0 spiro atoms. The first-order valence-electron chi connectivity index (χ1n) is 11.5. The Morgan fingerprint density at radius 2 is 1.97 bits per heavy atom. The van der Waals surface area contributed by atoms with Crippen molar-refractivity contribution in [2.24, 2.45) is 0 Å².